The number of rotatable bonds is 4. The second-order valence-electron chi connectivity index (χ2n) is 2.30. The van der Waals surface area contributed by atoms with Crippen LogP contribution in [0.2, 0.25) is 11.3 Å². The molecule has 0 amide bonds. The lowest BCUT2D eigenvalue weighted by molar-refractivity contribution is 1.11. The van der Waals surface area contributed by atoms with Gasteiger partial charge < -0.3 is 3.90 Å². The first kappa shape index (κ1) is 9.04. The molecule has 0 unspecified atom stereocenters. The second-order valence-corrected chi connectivity index (χ2v) is 18.0. The minimum atomic E-state index is 0.376. The molecule has 0 aromatic carbocycles. The minimum Gasteiger partial charge on any atom is -0.386 e. The summed E-state index contributed by atoms with van der Waals surface area (Å²) in [5.41, 5.74) is 3.27. The van der Waals surface area contributed by atoms with Gasteiger partial charge in [0.1, 0.15) is 0 Å². The van der Waals surface area contributed by atoms with Crippen LogP contribution >= 0.6 is 0 Å². The number of nitrogens with zero attached hydrogens (tertiary/aromatic N) is 1. The fourth-order valence-electron chi connectivity index (χ4n) is 0.875. The van der Waals surface area contributed by atoms with E-state index in [1.165, 1.54) is 30.9 Å². The van der Waals surface area contributed by atoms with E-state index in [-0.39, 0.29) is 0 Å². The zero-order valence-corrected chi connectivity index (χ0v) is 15.1. The predicted molar refractivity (Wildman–Crippen MR) is 58.4 cm³/mol. The van der Waals surface area contributed by atoms with E-state index in [0.717, 1.165) is 0 Å². The first-order valence-electron chi connectivity index (χ1n) is 3.49. The van der Waals surface area contributed by atoms with Gasteiger partial charge in [-0.1, -0.05) is 11.3 Å². The van der Waals surface area contributed by atoms with Gasteiger partial charge in [-0.05, 0) is 0 Å². The van der Waals surface area contributed by atoms with Crippen molar-refractivity contribution < 1.29 is 0 Å². The molecule has 0 N–H and O–H groups in total. The Morgan fingerprint density at radius 2 is 1.50 bits per heavy atom. The van der Waals surface area contributed by atoms with Crippen LogP contribution in [-0.4, -0.2) is 54.1 Å². The van der Waals surface area contributed by atoms with Crippen molar-refractivity contribution in [1.82, 2.24) is 3.90 Å². The van der Waals surface area contributed by atoms with Gasteiger partial charge in [0.15, 0.2) is 0 Å². The second kappa shape index (κ2) is 6.17. The van der Waals surface area contributed by atoms with E-state index in [1.807, 2.05) is 0 Å². The van der Waals surface area contributed by atoms with Crippen LogP contribution in [0.4, 0.5) is 0 Å². The smallest absolute Gasteiger partial charge is 0.0765 e. The van der Waals surface area contributed by atoms with Crippen LogP contribution in [0.25, 0.3) is 0 Å². The Morgan fingerprint density at radius 1 is 1.12 bits per heavy atom. The molecule has 0 radical (unpaired) electrons. The topological polar surface area (TPSA) is 3.24 Å². The molecule has 0 aliphatic carbocycles. The summed E-state index contributed by atoms with van der Waals surface area (Å²) < 4.78 is 2.85. The summed E-state index contributed by atoms with van der Waals surface area (Å²) in [7, 11) is 5.10. The van der Waals surface area contributed by atoms with Crippen molar-refractivity contribution in [3.8, 4) is 0 Å². The summed E-state index contributed by atoms with van der Waals surface area (Å²) in [5.74, 6) is 0. The van der Waals surface area contributed by atoms with E-state index in [0.29, 0.717) is 19.4 Å². The number of hydrogen-bond acceptors (Lipinski definition) is 1. The van der Waals surface area contributed by atoms with Crippen molar-refractivity contribution in [3.63, 3.8) is 0 Å². The summed E-state index contributed by atoms with van der Waals surface area (Å²) >= 11 is 0. The lowest BCUT2D eigenvalue weighted by Gasteiger charge is -2.12. The molecule has 0 spiro atoms. The van der Waals surface area contributed by atoms with Gasteiger partial charge in [-0.3, -0.25) is 0 Å². The van der Waals surface area contributed by atoms with Gasteiger partial charge in [0, 0.05) is 20.5 Å². The summed E-state index contributed by atoms with van der Waals surface area (Å²) in [6, 6.07) is 0. The van der Waals surface area contributed by atoms with Gasteiger partial charge in [-0.25, -0.2) is 0 Å². The van der Waals surface area contributed by atoms with Crippen molar-refractivity contribution >= 4 is 50.3 Å². The van der Waals surface area contributed by atoms with Gasteiger partial charge in [-0.15, -0.1) is 0 Å². The molecule has 0 aromatic heterocycles. The van der Waals surface area contributed by atoms with Crippen LogP contribution < -0.4 is 0 Å². The molecule has 0 aromatic rings. The van der Waals surface area contributed by atoms with Crippen molar-refractivity contribution in [1.29, 1.82) is 0 Å². The van der Waals surface area contributed by atoms with Gasteiger partial charge in [0.05, 0.1) is 29.8 Å². The van der Waals surface area contributed by atoms with Crippen LogP contribution in [0.15, 0.2) is 0 Å². The molecular weight excluding hydrogens is 178 g/mol. The zero-order chi connectivity index (χ0) is 6.41. The first-order chi connectivity index (χ1) is 3.81. The first-order valence-corrected chi connectivity index (χ1v) is 10.5. The highest BCUT2D eigenvalue weighted by Crippen LogP contribution is 1.77. The largest absolute Gasteiger partial charge is 0.386 e. The SMILES string of the molecule is [SiH3]C[SiH2]N([SiH3])[SiH2]C[SiH3]. The molecule has 50 valence electrons. The molecule has 0 aliphatic rings. The van der Waals surface area contributed by atoms with Crippen LogP contribution in [0.3, 0.4) is 0 Å². The van der Waals surface area contributed by atoms with Crippen molar-refractivity contribution in [2.75, 3.05) is 0 Å². The van der Waals surface area contributed by atoms with Gasteiger partial charge >= 0.3 is 0 Å². The van der Waals surface area contributed by atoms with E-state index in [4.69, 9.17) is 0 Å². The third-order valence-corrected chi connectivity index (χ3v) is 10.9. The summed E-state index contributed by atoms with van der Waals surface area (Å²) in [6.45, 7) is 0. The normalized spacial score (nSPS) is 14.6. The molecule has 8 heavy (non-hydrogen) atoms. The molecule has 1 nitrogen and oxygen atoms in total. The highest BCUT2D eigenvalue weighted by Gasteiger charge is 1.91. The van der Waals surface area contributed by atoms with Gasteiger partial charge in [0.2, 0.25) is 0 Å². The Kier molecular flexibility index (Phi) is 6.97. The van der Waals surface area contributed by atoms with Crippen molar-refractivity contribution in [2.24, 2.45) is 0 Å². The molecule has 0 rings (SSSR count). The molecule has 0 bridgehead atoms. The quantitative estimate of drug-likeness (QED) is 0.407. The molecule has 0 saturated heterocycles. The Bertz CT molecular complexity index is 43.7. The molecule has 0 fully saturated rings. The maximum absolute atomic E-state index is 2.85. The molecular formula is C2H17NSi5. The Hall–Kier alpha value is 1.04. The molecule has 0 heterocycles. The molecule has 0 saturated carbocycles. The van der Waals surface area contributed by atoms with Crippen LogP contribution in [-0.2, 0) is 0 Å². The summed E-state index contributed by atoms with van der Waals surface area (Å²) in [5, 5.41) is 0. The lowest BCUT2D eigenvalue weighted by atomic mass is 11.9. The zero-order valence-electron chi connectivity index (χ0n) is 6.28. The maximum atomic E-state index is 2.85. The minimum absolute atomic E-state index is 0.376. The van der Waals surface area contributed by atoms with Crippen molar-refractivity contribution in [3.05, 3.63) is 0 Å². The van der Waals surface area contributed by atoms with Crippen molar-refractivity contribution in [2.45, 2.75) is 11.3 Å². The fraction of sp³-hybridized carbons (Fsp3) is 1.00. The fourth-order valence-corrected chi connectivity index (χ4v) is 21.6. The Balaban J connectivity index is 2.92. The third-order valence-electron chi connectivity index (χ3n) is 1.21. The van der Waals surface area contributed by atoms with E-state index in [1.54, 1.807) is 11.3 Å². The Labute approximate surface area is 65.8 Å². The van der Waals surface area contributed by atoms with Crippen LogP contribution in [0.1, 0.15) is 0 Å². The average Bonchev–Trinajstić information content (AvgIpc) is 1.68. The highest BCUT2D eigenvalue weighted by atomic mass is 28.4. The van der Waals surface area contributed by atoms with E-state index in [2.05, 4.69) is 3.90 Å². The van der Waals surface area contributed by atoms with Crippen LogP contribution in [0.5, 0.6) is 0 Å². The lowest BCUT2D eigenvalue weighted by Crippen LogP contribution is -2.28. The van der Waals surface area contributed by atoms with E-state index in [9.17, 15) is 0 Å². The van der Waals surface area contributed by atoms with E-state index < -0.39 is 0 Å². The molecule has 0 atom stereocenters. The Morgan fingerprint density at radius 3 is 1.75 bits per heavy atom. The number of hydrogen-bond donors (Lipinski definition) is 0. The average molecular weight is 196 g/mol. The van der Waals surface area contributed by atoms with E-state index >= 15 is 0 Å². The van der Waals surface area contributed by atoms with Gasteiger partial charge in [0.25, 0.3) is 0 Å². The predicted octanol–water partition coefficient (Wildman–Crippen LogP) is -4.78. The summed E-state index contributed by atoms with van der Waals surface area (Å²) in [6.07, 6.45) is 0. The standard InChI is InChI=1S/C2H17NSi5/c4-1-7-3(6)8-2-5/h1-2,7-8H2,4-6H3. The maximum Gasteiger partial charge on any atom is 0.0765 e. The van der Waals surface area contributed by atoms with Crippen LogP contribution in [0, 0.1) is 0 Å². The van der Waals surface area contributed by atoms with Gasteiger partial charge in [-0.2, -0.15) is 0 Å². The monoisotopic (exact) mass is 195 g/mol. The molecule has 6 heteroatoms. The highest BCUT2D eigenvalue weighted by molar-refractivity contribution is 6.65. The third kappa shape index (κ3) is 5.19. The summed E-state index contributed by atoms with van der Waals surface area (Å²) in [4.78, 5) is 0. The molecule has 0 aliphatic heterocycles.